The van der Waals surface area contributed by atoms with Crippen molar-refractivity contribution < 1.29 is 41.0 Å². The van der Waals surface area contributed by atoms with Crippen molar-refractivity contribution in [3.05, 3.63) is 107 Å². The van der Waals surface area contributed by atoms with Crippen LogP contribution in [-0.4, -0.2) is 99.6 Å². The molecule has 2 atom stereocenters. The molecule has 6 N–H and O–H groups in total. The Balaban J connectivity index is 0.000000176. The minimum atomic E-state index is -4.25. The zero-order valence-electron chi connectivity index (χ0n) is 46.5. The summed E-state index contributed by atoms with van der Waals surface area (Å²) in [6.07, 6.45) is 17.4. The number of carboxylic acids is 1. The van der Waals surface area contributed by atoms with Gasteiger partial charge in [-0.1, -0.05) is 76.9 Å². The molecule has 436 valence electrons. The largest absolute Gasteiger partial charge is 0.478 e. The van der Waals surface area contributed by atoms with Gasteiger partial charge in [-0.3, -0.25) is 4.79 Å². The number of carboxylic acid groups (broad SMARTS) is 1. The highest BCUT2D eigenvalue weighted by atomic mass is 35.5. The Bertz CT molecular complexity index is 3440. The topological polar surface area (TPSA) is 290 Å². The molecule has 4 fully saturated rings. The second-order valence-electron chi connectivity index (χ2n) is 23.8. The van der Waals surface area contributed by atoms with Crippen LogP contribution in [0.5, 0.6) is 11.8 Å². The molecule has 0 spiro atoms. The number of primary sulfonamides is 1. The predicted molar refractivity (Wildman–Crippen MR) is 308 cm³/mol. The van der Waals surface area contributed by atoms with E-state index in [9.17, 15) is 26.4 Å². The molecule has 6 heterocycles. The zero-order valence-corrected chi connectivity index (χ0v) is 49.6. The van der Waals surface area contributed by atoms with Crippen molar-refractivity contribution in [2.24, 2.45) is 38.6 Å². The highest BCUT2D eigenvalue weighted by Crippen LogP contribution is 2.49. The van der Waals surface area contributed by atoms with Crippen LogP contribution in [0.4, 0.5) is 11.6 Å². The summed E-state index contributed by atoms with van der Waals surface area (Å²) in [5.74, 6) is 1.90. The number of aromatic nitrogens is 8. The van der Waals surface area contributed by atoms with Crippen molar-refractivity contribution >= 4 is 66.8 Å². The molecule has 4 saturated carbocycles. The summed E-state index contributed by atoms with van der Waals surface area (Å²) < 4.78 is 64.7. The standard InChI is InChI=1S/C28H35ClN6O4S.C15H16ClN3O3.C13H21N3O2S/c1-27(2)11-9-19(17-27)18-30-21-5-4-6-24(31-21)40(37,38)34-26(36)20-7-8-22(32-25(20)29)35-15-10-23(33-35)39-16-14-28(3)12-13-28;1-15(5-6-15)7-9-22-12-4-8-19(18-12)11-3-2-10(14(20)21)13(16)17-11;1-13(2)7-6-10(8-13)9-15-11-4-3-5-12(16-11)19(14,17)18/h4-8,10,15,19H,9,11-14,16-18H2,1-3H3,(H,30,31)(H,34,36);2-4,8H,5-7,9H2,1H3,(H,20,21);3-5,10H,6-9H2,1-2H3,(H,15,16)(H2,14,17,18). The molecule has 4 aliphatic rings. The number of anilines is 2. The molecule has 25 heteroatoms. The van der Waals surface area contributed by atoms with E-state index in [0.29, 0.717) is 88.3 Å². The van der Waals surface area contributed by atoms with Crippen molar-refractivity contribution in [2.75, 3.05) is 36.9 Å². The highest BCUT2D eigenvalue weighted by molar-refractivity contribution is 7.90. The van der Waals surface area contributed by atoms with Gasteiger partial charge in [0.1, 0.15) is 21.9 Å². The second kappa shape index (κ2) is 25.0. The number of carbonyl (C=O) groups is 2. The van der Waals surface area contributed by atoms with Crippen LogP contribution in [-0.2, 0) is 20.0 Å². The predicted octanol–water partition coefficient (Wildman–Crippen LogP) is 10.4. The fraction of sp³-hybridized carbons (Fsp3) is 0.500. The number of ether oxygens (including phenoxy) is 2. The number of rotatable bonds is 21. The van der Waals surface area contributed by atoms with E-state index in [2.05, 4.69) is 82.3 Å². The number of carbonyl (C=O) groups excluding carboxylic acids is 1. The molecule has 0 aliphatic heterocycles. The Kier molecular flexibility index (Phi) is 18.7. The van der Waals surface area contributed by atoms with Gasteiger partial charge in [-0.25, -0.2) is 52.4 Å². The van der Waals surface area contributed by atoms with Crippen molar-refractivity contribution in [3.8, 4) is 23.4 Å². The molecule has 6 aromatic heterocycles. The molecule has 1 amide bonds. The van der Waals surface area contributed by atoms with Crippen LogP contribution in [0.1, 0.15) is 139 Å². The average Bonchev–Trinajstić information content (AvgIpc) is 4.10. The zero-order chi connectivity index (χ0) is 58.4. The van der Waals surface area contributed by atoms with Gasteiger partial charge in [0.05, 0.1) is 24.3 Å². The Hall–Kier alpha value is -6.40. The maximum atomic E-state index is 13.0. The number of sulfonamides is 2. The number of nitrogens with two attached hydrogens (primary N) is 1. The van der Waals surface area contributed by atoms with Gasteiger partial charge in [0.15, 0.2) is 21.7 Å². The smallest absolute Gasteiger partial charge is 0.338 e. The third-order valence-electron chi connectivity index (χ3n) is 15.4. The van der Waals surface area contributed by atoms with E-state index in [1.165, 1.54) is 91.1 Å². The van der Waals surface area contributed by atoms with E-state index in [1.807, 2.05) is 4.72 Å². The van der Waals surface area contributed by atoms with Crippen LogP contribution in [0, 0.1) is 33.5 Å². The first kappa shape index (κ1) is 60.7. The summed E-state index contributed by atoms with van der Waals surface area (Å²) in [7, 11) is -7.98. The molecular formula is C56H72Cl2N12O9S2. The first-order chi connectivity index (χ1) is 38.1. The summed E-state index contributed by atoms with van der Waals surface area (Å²) in [5.41, 5.74) is 1.46. The number of pyridine rings is 4. The molecule has 0 radical (unpaired) electrons. The number of nitrogens with zero attached hydrogens (tertiary/aromatic N) is 8. The Morgan fingerprint density at radius 3 is 1.48 bits per heavy atom. The molecular weight excluding hydrogens is 1120 g/mol. The number of halogens is 2. The maximum absolute atomic E-state index is 13.0. The van der Waals surface area contributed by atoms with E-state index in [4.69, 9.17) is 42.9 Å². The monoisotopic (exact) mass is 1190 g/mol. The number of aromatic carboxylic acids is 1. The van der Waals surface area contributed by atoms with Crippen molar-refractivity contribution in [3.63, 3.8) is 0 Å². The van der Waals surface area contributed by atoms with E-state index >= 15 is 0 Å². The van der Waals surface area contributed by atoms with Crippen LogP contribution in [0.2, 0.25) is 10.3 Å². The van der Waals surface area contributed by atoms with Gasteiger partial charge in [0.25, 0.3) is 26.0 Å². The van der Waals surface area contributed by atoms with E-state index < -0.39 is 31.9 Å². The molecule has 6 aromatic rings. The van der Waals surface area contributed by atoms with Gasteiger partial charge in [-0.2, -0.15) is 8.42 Å². The molecule has 0 aromatic carbocycles. The van der Waals surface area contributed by atoms with Crippen molar-refractivity contribution in [1.29, 1.82) is 0 Å². The molecule has 2 unspecified atom stereocenters. The number of hydrogen-bond donors (Lipinski definition) is 5. The minimum Gasteiger partial charge on any atom is -0.478 e. The lowest BCUT2D eigenvalue weighted by Gasteiger charge is -2.17. The Morgan fingerprint density at radius 1 is 0.630 bits per heavy atom. The third kappa shape index (κ3) is 17.6. The normalized spacial score (nSPS) is 19.0. The number of hydrogen-bond acceptors (Lipinski definition) is 16. The maximum Gasteiger partial charge on any atom is 0.338 e. The number of nitrogens with one attached hydrogen (secondary N) is 3. The second-order valence-corrected chi connectivity index (χ2v) is 27.7. The third-order valence-corrected chi connectivity index (χ3v) is 18.0. The fourth-order valence-electron chi connectivity index (χ4n) is 9.76. The van der Waals surface area contributed by atoms with Crippen LogP contribution < -0.4 is 30.0 Å². The van der Waals surface area contributed by atoms with Gasteiger partial charge in [0.2, 0.25) is 11.8 Å². The lowest BCUT2D eigenvalue weighted by atomic mass is 9.90. The Morgan fingerprint density at radius 2 is 1.07 bits per heavy atom. The molecule has 10 rings (SSSR count). The van der Waals surface area contributed by atoms with Crippen LogP contribution >= 0.6 is 23.2 Å². The summed E-state index contributed by atoms with van der Waals surface area (Å²) in [5, 5.41) is 28.5. The van der Waals surface area contributed by atoms with Gasteiger partial charge in [-0.15, -0.1) is 10.2 Å². The Labute approximate surface area is 483 Å². The highest BCUT2D eigenvalue weighted by Gasteiger charge is 2.38. The van der Waals surface area contributed by atoms with Crippen LogP contribution in [0.15, 0.2) is 95.2 Å². The van der Waals surface area contributed by atoms with Crippen molar-refractivity contribution in [1.82, 2.24) is 44.2 Å². The van der Waals surface area contributed by atoms with Crippen LogP contribution in [0.3, 0.4) is 0 Å². The molecule has 0 bridgehead atoms. The minimum absolute atomic E-state index is 0.0354. The lowest BCUT2D eigenvalue weighted by Crippen LogP contribution is -2.31. The van der Waals surface area contributed by atoms with Gasteiger partial charge >= 0.3 is 5.97 Å². The summed E-state index contributed by atoms with van der Waals surface area (Å²) in [6, 6.07) is 18.8. The molecule has 21 nitrogen and oxygen atoms in total. The number of amides is 1. The van der Waals surface area contributed by atoms with E-state index in [-0.39, 0.29) is 31.5 Å². The first-order valence-electron chi connectivity index (χ1n) is 27.1. The molecule has 81 heavy (non-hydrogen) atoms. The molecule has 4 aliphatic carbocycles. The summed E-state index contributed by atoms with van der Waals surface area (Å²) in [6.45, 7) is 16.3. The quantitative estimate of drug-likeness (QED) is 0.0419. The van der Waals surface area contributed by atoms with Crippen LogP contribution in [0.25, 0.3) is 11.6 Å². The average molecular weight is 1190 g/mol. The molecule has 0 saturated heterocycles. The fourth-order valence-corrected chi connectivity index (χ4v) is 11.7. The summed E-state index contributed by atoms with van der Waals surface area (Å²) >= 11 is 12.1. The van der Waals surface area contributed by atoms with Crippen molar-refractivity contribution in [2.45, 2.75) is 129 Å². The van der Waals surface area contributed by atoms with Gasteiger partial charge < -0.3 is 25.2 Å². The van der Waals surface area contributed by atoms with Gasteiger partial charge in [0, 0.05) is 37.6 Å². The SMILES string of the molecule is CC1(C)CCC(CNc2cccc(S(=O)(=O)NC(=O)c3ccc(-n4ccc(OCCC5(C)CC5)n4)nc3Cl)n2)C1.CC1(C)CCC(CNc2cccc(S(N)(=O)=O)n2)C1.CC1(CCOc2ccn(-c3ccc(C(=O)O)c(Cl)n3)n2)CC1. The van der Waals surface area contributed by atoms with Gasteiger partial charge in [-0.05, 0) is 159 Å². The van der Waals surface area contributed by atoms with E-state index in [1.54, 1.807) is 54.9 Å². The first-order valence-corrected chi connectivity index (χ1v) is 30.9. The van der Waals surface area contributed by atoms with E-state index in [0.717, 1.165) is 32.2 Å². The lowest BCUT2D eigenvalue weighted by molar-refractivity contribution is 0.0696. The summed E-state index contributed by atoms with van der Waals surface area (Å²) in [4.78, 5) is 40.3.